The van der Waals surface area contributed by atoms with Crippen LogP contribution in [0.3, 0.4) is 0 Å². The summed E-state index contributed by atoms with van der Waals surface area (Å²) in [5.41, 5.74) is 5.45. The third-order valence-corrected chi connectivity index (χ3v) is 5.59. The van der Waals surface area contributed by atoms with Crippen LogP contribution >= 0.6 is 0 Å². The summed E-state index contributed by atoms with van der Waals surface area (Å²) in [4.78, 5) is 17.2. The lowest BCUT2D eigenvalue weighted by molar-refractivity contribution is 0.102. The van der Waals surface area contributed by atoms with Crippen molar-refractivity contribution < 1.29 is 4.79 Å². The first kappa shape index (κ1) is 21.5. The van der Waals surface area contributed by atoms with Crippen molar-refractivity contribution in [1.29, 1.82) is 0 Å². The molecule has 1 N–H and O–H groups in total. The van der Waals surface area contributed by atoms with E-state index in [9.17, 15) is 4.79 Å². The molecule has 0 bridgehead atoms. The molecule has 0 spiro atoms. The number of hydrogen-bond acceptors (Lipinski definition) is 5. The zero-order valence-electron chi connectivity index (χ0n) is 19.2. The predicted octanol–water partition coefficient (Wildman–Crippen LogP) is 5.40. The molecule has 0 aliphatic rings. The van der Waals surface area contributed by atoms with Gasteiger partial charge in [0.1, 0.15) is 5.69 Å². The second kappa shape index (κ2) is 8.51. The van der Waals surface area contributed by atoms with Crippen molar-refractivity contribution in [3.8, 4) is 22.8 Å². The highest BCUT2D eigenvalue weighted by molar-refractivity contribution is 6.04. The summed E-state index contributed by atoms with van der Waals surface area (Å²) in [5.74, 6) is 0.415. The highest BCUT2D eigenvalue weighted by atomic mass is 16.1. The molecule has 7 heteroatoms. The van der Waals surface area contributed by atoms with Gasteiger partial charge in [-0.25, -0.2) is 0 Å². The molecular weight excluding hydrogens is 424 g/mol. The van der Waals surface area contributed by atoms with E-state index < -0.39 is 0 Å². The van der Waals surface area contributed by atoms with Gasteiger partial charge in [0.2, 0.25) is 5.82 Å². The fourth-order valence-corrected chi connectivity index (χ4v) is 3.68. The number of aromatic nitrogens is 5. The summed E-state index contributed by atoms with van der Waals surface area (Å²) >= 11 is 0. The van der Waals surface area contributed by atoms with Crippen molar-refractivity contribution in [3.63, 3.8) is 0 Å². The lowest BCUT2D eigenvalue weighted by atomic mass is 9.87. The molecule has 5 aromatic rings. The van der Waals surface area contributed by atoms with E-state index in [0.717, 1.165) is 11.3 Å². The average Bonchev–Trinajstić information content (AvgIpc) is 3.28. The zero-order valence-corrected chi connectivity index (χ0v) is 19.2. The Morgan fingerprint density at radius 3 is 2.41 bits per heavy atom. The number of nitrogens with one attached hydrogen (secondary N) is 1. The van der Waals surface area contributed by atoms with Crippen molar-refractivity contribution in [2.75, 3.05) is 5.32 Å². The van der Waals surface area contributed by atoms with Crippen LogP contribution in [0.15, 0.2) is 85.1 Å². The van der Waals surface area contributed by atoms with Crippen LogP contribution in [0.5, 0.6) is 0 Å². The van der Waals surface area contributed by atoms with Crippen LogP contribution in [0.25, 0.3) is 28.4 Å². The molecule has 0 atom stereocenters. The minimum Gasteiger partial charge on any atom is -0.322 e. The summed E-state index contributed by atoms with van der Waals surface area (Å²) in [6.07, 6.45) is 1.71. The maximum atomic E-state index is 12.8. The molecular formula is C27H24N6O. The lowest BCUT2D eigenvalue weighted by Gasteiger charge is -2.19. The number of anilines is 1. The quantitative estimate of drug-likeness (QED) is 0.398. The fraction of sp³-hybridized carbons (Fsp3) is 0.148. The van der Waals surface area contributed by atoms with Gasteiger partial charge in [-0.1, -0.05) is 51.1 Å². The topological polar surface area (TPSA) is 85.1 Å². The number of fused-ring (bicyclic) bond motifs is 1. The van der Waals surface area contributed by atoms with Gasteiger partial charge in [-0.3, -0.25) is 9.78 Å². The summed E-state index contributed by atoms with van der Waals surface area (Å²) in [6.45, 7) is 6.45. The van der Waals surface area contributed by atoms with Gasteiger partial charge in [-0.05, 0) is 59.5 Å². The van der Waals surface area contributed by atoms with E-state index in [0.29, 0.717) is 28.4 Å². The van der Waals surface area contributed by atoms with Gasteiger partial charge in [0.15, 0.2) is 5.65 Å². The standard InChI is InChI=1S/C27H24N6O/c1-27(2,3)20-12-10-18(11-13-20)26(34)29-21-8-6-7-19(17-21)22-14-15-24-30-31-25(33(24)32-22)23-9-4-5-16-28-23/h4-17H,1-3H3,(H,29,34). The zero-order chi connectivity index (χ0) is 23.7. The molecule has 0 radical (unpaired) electrons. The van der Waals surface area contributed by atoms with Crippen molar-refractivity contribution in [3.05, 3.63) is 96.2 Å². The largest absolute Gasteiger partial charge is 0.322 e. The number of nitrogens with zero attached hydrogens (tertiary/aromatic N) is 5. The van der Waals surface area contributed by atoms with Gasteiger partial charge in [0, 0.05) is 23.0 Å². The third-order valence-electron chi connectivity index (χ3n) is 5.59. The first-order valence-corrected chi connectivity index (χ1v) is 11.0. The first-order valence-electron chi connectivity index (χ1n) is 11.0. The molecule has 168 valence electrons. The Kier molecular flexibility index (Phi) is 5.37. The minimum absolute atomic E-state index is 0.0403. The predicted molar refractivity (Wildman–Crippen MR) is 133 cm³/mol. The molecule has 1 amide bonds. The Morgan fingerprint density at radius 1 is 0.853 bits per heavy atom. The molecule has 5 rings (SSSR count). The van der Waals surface area contributed by atoms with Crippen LogP contribution in [-0.4, -0.2) is 30.7 Å². The van der Waals surface area contributed by atoms with E-state index in [2.05, 4.69) is 41.3 Å². The van der Waals surface area contributed by atoms with E-state index in [4.69, 9.17) is 5.10 Å². The SMILES string of the molecule is CC(C)(C)c1ccc(C(=O)Nc2cccc(-c3ccc4nnc(-c5ccccn5)n4n3)c2)cc1. The lowest BCUT2D eigenvalue weighted by Crippen LogP contribution is -2.14. The molecule has 0 saturated carbocycles. The number of hydrogen-bond donors (Lipinski definition) is 1. The molecule has 0 unspecified atom stereocenters. The third kappa shape index (κ3) is 4.28. The Hall–Kier alpha value is -4.39. The molecule has 2 aromatic carbocycles. The number of pyridine rings is 1. The molecule has 0 saturated heterocycles. The molecule has 34 heavy (non-hydrogen) atoms. The van der Waals surface area contributed by atoms with Crippen LogP contribution in [0.1, 0.15) is 36.7 Å². The van der Waals surface area contributed by atoms with Crippen molar-refractivity contribution in [1.82, 2.24) is 24.8 Å². The van der Waals surface area contributed by atoms with Crippen LogP contribution in [0, 0.1) is 0 Å². The Morgan fingerprint density at radius 2 is 1.68 bits per heavy atom. The molecule has 0 aliphatic heterocycles. The summed E-state index contributed by atoms with van der Waals surface area (Å²) in [7, 11) is 0. The Balaban J connectivity index is 1.41. The molecule has 7 nitrogen and oxygen atoms in total. The van der Waals surface area contributed by atoms with Gasteiger partial charge >= 0.3 is 0 Å². The van der Waals surface area contributed by atoms with Gasteiger partial charge < -0.3 is 5.32 Å². The van der Waals surface area contributed by atoms with E-state index in [1.54, 1.807) is 10.7 Å². The maximum absolute atomic E-state index is 12.8. The Labute approximate surface area is 197 Å². The number of rotatable bonds is 4. The fourth-order valence-electron chi connectivity index (χ4n) is 3.68. The van der Waals surface area contributed by atoms with E-state index in [1.807, 2.05) is 78.9 Å². The molecule has 3 heterocycles. The minimum atomic E-state index is -0.155. The van der Waals surface area contributed by atoms with Crippen molar-refractivity contribution in [2.24, 2.45) is 0 Å². The van der Waals surface area contributed by atoms with Crippen LogP contribution in [0.4, 0.5) is 5.69 Å². The van der Waals surface area contributed by atoms with Gasteiger partial charge in [-0.15, -0.1) is 10.2 Å². The summed E-state index contributed by atoms with van der Waals surface area (Å²) in [6, 6.07) is 24.7. The van der Waals surface area contributed by atoms with E-state index in [1.165, 1.54) is 5.56 Å². The van der Waals surface area contributed by atoms with Crippen LogP contribution in [0.2, 0.25) is 0 Å². The van der Waals surface area contributed by atoms with Crippen molar-refractivity contribution in [2.45, 2.75) is 26.2 Å². The summed E-state index contributed by atoms with van der Waals surface area (Å²) in [5, 5.41) is 16.2. The number of amides is 1. The summed E-state index contributed by atoms with van der Waals surface area (Å²) < 4.78 is 1.68. The second-order valence-corrected chi connectivity index (χ2v) is 9.09. The normalized spacial score (nSPS) is 11.5. The smallest absolute Gasteiger partial charge is 0.255 e. The first-order chi connectivity index (χ1) is 16.4. The van der Waals surface area contributed by atoms with Gasteiger partial charge in [0.25, 0.3) is 5.91 Å². The highest BCUT2D eigenvalue weighted by Gasteiger charge is 2.15. The molecule has 0 fully saturated rings. The number of benzene rings is 2. The monoisotopic (exact) mass is 448 g/mol. The maximum Gasteiger partial charge on any atom is 0.255 e. The van der Waals surface area contributed by atoms with Gasteiger partial charge in [0.05, 0.1) is 5.69 Å². The van der Waals surface area contributed by atoms with Crippen LogP contribution < -0.4 is 5.32 Å². The average molecular weight is 449 g/mol. The number of carbonyl (C=O) groups is 1. The molecule has 0 aliphatic carbocycles. The van der Waals surface area contributed by atoms with E-state index >= 15 is 0 Å². The van der Waals surface area contributed by atoms with Gasteiger partial charge in [-0.2, -0.15) is 9.61 Å². The van der Waals surface area contributed by atoms with Crippen LogP contribution in [-0.2, 0) is 5.41 Å². The van der Waals surface area contributed by atoms with Crippen molar-refractivity contribution >= 4 is 17.2 Å². The Bertz CT molecular complexity index is 1470. The molecule has 3 aromatic heterocycles. The second-order valence-electron chi connectivity index (χ2n) is 9.09. The van der Waals surface area contributed by atoms with E-state index in [-0.39, 0.29) is 11.3 Å². The number of carbonyl (C=O) groups excluding carboxylic acids is 1. The highest BCUT2D eigenvalue weighted by Crippen LogP contribution is 2.25.